The first-order valence-corrected chi connectivity index (χ1v) is 8.01. The Hall–Kier alpha value is -1.56. The molecule has 1 aromatic rings. The molecule has 0 aliphatic carbocycles. The van der Waals surface area contributed by atoms with Gasteiger partial charge < -0.3 is 10.4 Å². The van der Waals surface area contributed by atoms with Gasteiger partial charge in [-0.2, -0.15) is 0 Å². The summed E-state index contributed by atoms with van der Waals surface area (Å²) in [6, 6.07) is 1.90. The van der Waals surface area contributed by atoms with E-state index in [4.69, 9.17) is 0 Å². The number of nitrogens with zero attached hydrogens (tertiary/aromatic N) is 1. The molecule has 0 saturated carbocycles. The Balaban J connectivity index is 2.79. The van der Waals surface area contributed by atoms with E-state index < -0.39 is 5.97 Å². The summed E-state index contributed by atoms with van der Waals surface area (Å²) in [7, 11) is 0. The number of thioether (sulfide) groups is 1. The fourth-order valence-corrected chi connectivity index (χ4v) is 3.02. The molecular weight excluding hydrogens is 288 g/mol. The number of aromatic nitrogens is 1. The smallest absolute Gasteiger partial charge is 0.338 e. The minimum Gasteiger partial charge on any atom is -0.478 e. The summed E-state index contributed by atoms with van der Waals surface area (Å²) < 4.78 is 0. The maximum Gasteiger partial charge on any atom is 0.338 e. The second-order valence-corrected chi connectivity index (χ2v) is 5.90. The molecule has 1 aromatic heterocycles. The maximum atomic E-state index is 11.9. The van der Waals surface area contributed by atoms with Crippen molar-refractivity contribution in [3.8, 4) is 0 Å². The van der Waals surface area contributed by atoms with Crippen LogP contribution >= 0.6 is 11.8 Å². The number of hydrogen-bond acceptors (Lipinski definition) is 4. The maximum absolute atomic E-state index is 11.9. The van der Waals surface area contributed by atoms with E-state index in [2.05, 4.69) is 10.3 Å². The molecule has 0 unspecified atom stereocenters. The first-order valence-electron chi connectivity index (χ1n) is 7.02. The summed E-state index contributed by atoms with van der Waals surface area (Å²) in [6.45, 7) is 7.60. The van der Waals surface area contributed by atoms with E-state index in [0.29, 0.717) is 10.6 Å². The number of rotatable bonds is 7. The van der Waals surface area contributed by atoms with E-state index in [9.17, 15) is 14.7 Å². The van der Waals surface area contributed by atoms with Gasteiger partial charge in [0, 0.05) is 11.7 Å². The molecule has 0 spiro atoms. The summed E-state index contributed by atoms with van der Waals surface area (Å²) in [5.41, 5.74) is 1.60. The molecule has 116 valence electrons. The number of aryl methyl sites for hydroxylation is 2. The Bertz CT molecular complexity index is 528. The Morgan fingerprint density at radius 1 is 1.33 bits per heavy atom. The van der Waals surface area contributed by atoms with Crippen molar-refractivity contribution in [2.24, 2.45) is 0 Å². The number of hydrogen-bond donors (Lipinski definition) is 2. The van der Waals surface area contributed by atoms with Gasteiger partial charge in [-0.25, -0.2) is 9.78 Å². The van der Waals surface area contributed by atoms with Crippen molar-refractivity contribution >= 4 is 23.6 Å². The number of pyridine rings is 1. The summed E-state index contributed by atoms with van der Waals surface area (Å²) in [5.74, 6) is -0.930. The molecule has 2 N–H and O–H groups in total. The predicted octanol–water partition coefficient (Wildman–Crippen LogP) is 2.79. The number of carbonyl (C=O) groups excluding carboxylic acids is 1. The van der Waals surface area contributed by atoms with Gasteiger partial charge in [0.2, 0.25) is 5.91 Å². The number of carboxylic acid groups (broad SMARTS) is 1. The summed E-state index contributed by atoms with van der Waals surface area (Å²) in [4.78, 5) is 27.5. The van der Waals surface area contributed by atoms with Gasteiger partial charge in [-0.15, -0.1) is 0 Å². The fraction of sp³-hybridized carbons (Fsp3) is 0.533. The third kappa shape index (κ3) is 5.04. The van der Waals surface area contributed by atoms with Crippen LogP contribution in [0.3, 0.4) is 0 Å². The van der Waals surface area contributed by atoms with Crippen LogP contribution in [0.5, 0.6) is 0 Å². The van der Waals surface area contributed by atoms with E-state index in [0.717, 1.165) is 18.5 Å². The van der Waals surface area contributed by atoms with E-state index in [1.54, 1.807) is 13.0 Å². The van der Waals surface area contributed by atoms with Gasteiger partial charge in [0.1, 0.15) is 5.03 Å². The molecule has 0 atom stereocenters. The van der Waals surface area contributed by atoms with E-state index in [1.807, 2.05) is 20.8 Å². The molecule has 1 amide bonds. The Labute approximate surface area is 129 Å². The van der Waals surface area contributed by atoms with Crippen molar-refractivity contribution < 1.29 is 14.7 Å². The van der Waals surface area contributed by atoms with Crippen LogP contribution in [0.4, 0.5) is 0 Å². The van der Waals surface area contributed by atoms with Crippen molar-refractivity contribution in [1.29, 1.82) is 0 Å². The molecule has 0 saturated heterocycles. The van der Waals surface area contributed by atoms with Crippen molar-refractivity contribution in [3.05, 3.63) is 22.9 Å². The lowest BCUT2D eigenvalue weighted by Crippen LogP contribution is -2.35. The monoisotopic (exact) mass is 310 g/mol. The van der Waals surface area contributed by atoms with Crippen LogP contribution in [-0.2, 0) is 4.79 Å². The topological polar surface area (TPSA) is 79.3 Å². The molecule has 6 heteroatoms. The van der Waals surface area contributed by atoms with Gasteiger partial charge in [-0.05, 0) is 38.3 Å². The molecule has 0 radical (unpaired) electrons. The number of carboxylic acids is 1. The molecule has 0 bridgehead atoms. The molecule has 1 rings (SSSR count). The summed E-state index contributed by atoms with van der Waals surface area (Å²) in [6.07, 6.45) is 1.77. The minimum atomic E-state index is -1.01. The summed E-state index contributed by atoms with van der Waals surface area (Å²) >= 11 is 1.17. The minimum absolute atomic E-state index is 0.0917. The summed E-state index contributed by atoms with van der Waals surface area (Å²) in [5, 5.41) is 12.6. The van der Waals surface area contributed by atoms with E-state index in [-0.39, 0.29) is 23.3 Å². The van der Waals surface area contributed by atoms with Crippen LogP contribution in [0.25, 0.3) is 0 Å². The van der Waals surface area contributed by atoms with Crippen LogP contribution in [0.15, 0.2) is 11.1 Å². The van der Waals surface area contributed by atoms with Gasteiger partial charge >= 0.3 is 5.97 Å². The van der Waals surface area contributed by atoms with E-state index >= 15 is 0 Å². The molecule has 0 aromatic carbocycles. The molecule has 0 aliphatic rings. The fourth-order valence-electron chi connectivity index (χ4n) is 2.06. The average molecular weight is 310 g/mol. The molecule has 1 heterocycles. The zero-order valence-electron chi connectivity index (χ0n) is 12.9. The van der Waals surface area contributed by atoms with Crippen molar-refractivity contribution in [2.75, 3.05) is 5.75 Å². The normalized spacial score (nSPS) is 10.7. The van der Waals surface area contributed by atoms with Crippen molar-refractivity contribution in [2.45, 2.75) is 51.6 Å². The quantitative estimate of drug-likeness (QED) is 0.757. The highest BCUT2D eigenvalue weighted by Crippen LogP contribution is 2.24. The van der Waals surface area contributed by atoms with Gasteiger partial charge in [0.25, 0.3) is 0 Å². The standard InChI is InChI=1S/C15H22N2O3S/c1-5-11(6-2)17-12(18)8-21-14-13(15(19)20)9(3)7-10(4)16-14/h7,11H,5-6,8H2,1-4H3,(H,17,18)(H,19,20). The van der Waals surface area contributed by atoms with Crippen LogP contribution in [-0.4, -0.2) is 33.8 Å². The highest BCUT2D eigenvalue weighted by molar-refractivity contribution is 8.00. The van der Waals surface area contributed by atoms with Gasteiger partial charge in [-0.1, -0.05) is 25.6 Å². The van der Waals surface area contributed by atoms with Crippen molar-refractivity contribution in [1.82, 2.24) is 10.3 Å². The Morgan fingerprint density at radius 2 is 1.95 bits per heavy atom. The number of amides is 1. The lowest BCUT2D eigenvalue weighted by molar-refractivity contribution is -0.119. The number of carbonyl (C=O) groups is 2. The van der Waals surface area contributed by atoms with Crippen LogP contribution in [0, 0.1) is 13.8 Å². The van der Waals surface area contributed by atoms with Crippen LogP contribution in [0.1, 0.15) is 48.3 Å². The highest BCUT2D eigenvalue weighted by atomic mass is 32.2. The third-order valence-corrected chi connectivity index (χ3v) is 4.19. The number of nitrogens with one attached hydrogen (secondary N) is 1. The Morgan fingerprint density at radius 3 is 2.48 bits per heavy atom. The van der Waals surface area contributed by atoms with Gasteiger partial charge in [0.15, 0.2) is 0 Å². The van der Waals surface area contributed by atoms with Gasteiger partial charge in [-0.3, -0.25) is 4.79 Å². The highest BCUT2D eigenvalue weighted by Gasteiger charge is 2.17. The SMILES string of the molecule is CCC(CC)NC(=O)CSc1nc(C)cc(C)c1C(=O)O. The number of aromatic carboxylic acids is 1. The molecular formula is C15H22N2O3S. The lowest BCUT2D eigenvalue weighted by atomic mass is 10.1. The second kappa shape index (κ2) is 8.02. The first-order chi connectivity index (χ1) is 9.88. The van der Waals surface area contributed by atoms with Crippen LogP contribution < -0.4 is 5.32 Å². The average Bonchev–Trinajstić information content (AvgIpc) is 2.41. The van der Waals surface area contributed by atoms with Crippen LogP contribution in [0.2, 0.25) is 0 Å². The lowest BCUT2D eigenvalue weighted by Gasteiger charge is -2.15. The molecule has 0 aliphatic heterocycles. The van der Waals surface area contributed by atoms with E-state index in [1.165, 1.54) is 11.8 Å². The molecule has 21 heavy (non-hydrogen) atoms. The Kier molecular flexibility index (Phi) is 6.68. The van der Waals surface area contributed by atoms with Gasteiger partial charge in [0.05, 0.1) is 11.3 Å². The largest absolute Gasteiger partial charge is 0.478 e. The molecule has 5 nitrogen and oxygen atoms in total. The first kappa shape index (κ1) is 17.5. The molecule has 0 fully saturated rings. The third-order valence-electron chi connectivity index (χ3n) is 3.22. The zero-order chi connectivity index (χ0) is 16.0. The second-order valence-electron chi connectivity index (χ2n) is 4.94. The van der Waals surface area contributed by atoms with Crippen molar-refractivity contribution in [3.63, 3.8) is 0 Å². The predicted molar refractivity (Wildman–Crippen MR) is 83.9 cm³/mol. The zero-order valence-corrected chi connectivity index (χ0v) is 13.7.